The molecule has 0 saturated carbocycles. The molecule has 1 N–H and O–H groups in total. The molecule has 16 heavy (non-hydrogen) atoms. The van der Waals surface area contributed by atoms with Crippen molar-refractivity contribution in [3.05, 3.63) is 0 Å². The van der Waals surface area contributed by atoms with Crippen LogP contribution in [-0.4, -0.2) is 41.1 Å². The second-order valence-corrected chi connectivity index (χ2v) is 5.75. The third-order valence-corrected chi connectivity index (χ3v) is 3.92. The summed E-state index contributed by atoms with van der Waals surface area (Å²) in [6.07, 6.45) is 3.34. The van der Waals surface area contributed by atoms with Crippen molar-refractivity contribution >= 4 is 17.7 Å². The zero-order valence-electron chi connectivity index (χ0n) is 11.0. The van der Waals surface area contributed by atoms with Gasteiger partial charge in [0.05, 0.1) is 12.2 Å². The lowest BCUT2D eigenvalue weighted by Gasteiger charge is -2.34. The van der Waals surface area contributed by atoms with E-state index >= 15 is 0 Å². The van der Waals surface area contributed by atoms with Gasteiger partial charge >= 0.3 is 0 Å². The summed E-state index contributed by atoms with van der Waals surface area (Å²) in [5.74, 6) is 1.75. The molecule has 3 unspecified atom stereocenters. The van der Waals surface area contributed by atoms with Crippen molar-refractivity contribution in [3.63, 3.8) is 0 Å². The van der Waals surface area contributed by atoms with E-state index < -0.39 is 0 Å². The predicted molar refractivity (Wildman–Crippen MR) is 70.5 cm³/mol. The number of amides is 1. The molecule has 3 atom stereocenters. The first-order valence-corrected chi connectivity index (χ1v) is 7.49. The molecule has 94 valence electrons. The number of carbonyl (C=O) groups is 1. The van der Waals surface area contributed by atoms with Crippen LogP contribution in [-0.2, 0) is 4.79 Å². The second kappa shape index (κ2) is 5.92. The fourth-order valence-corrected chi connectivity index (χ4v) is 3.06. The van der Waals surface area contributed by atoms with Crippen LogP contribution in [0.2, 0.25) is 0 Å². The summed E-state index contributed by atoms with van der Waals surface area (Å²) in [7, 11) is 0. The van der Waals surface area contributed by atoms with Gasteiger partial charge in [-0.05, 0) is 25.5 Å². The Hall–Kier alpha value is -0.220. The van der Waals surface area contributed by atoms with E-state index in [4.69, 9.17) is 0 Å². The standard InChI is InChI=1S/C12H24N2OS/c1-6-10(7-16-5)14-11(8(2)3)13-9(4)12(14)15/h8-11,13H,6-7H2,1-5H3. The Labute approximate surface area is 103 Å². The smallest absolute Gasteiger partial charge is 0.241 e. The van der Waals surface area contributed by atoms with Gasteiger partial charge < -0.3 is 4.90 Å². The number of rotatable bonds is 5. The minimum Gasteiger partial charge on any atom is -0.322 e. The van der Waals surface area contributed by atoms with E-state index in [9.17, 15) is 4.79 Å². The van der Waals surface area contributed by atoms with Crippen molar-refractivity contribution in [2.45, 2.75) is 52.4 Å². The highest BCUT2D eigenvalue weighted by molar-refractivity contribution is 7.98. The topological polar surface area (TPSA) is 32.3 Å². The number of hydrogen-bond acceptors (Lipinski definition) is 3. The highest BCUT2D eigenvalue weighted by Crippen LogP contribution is 2.23. The Morgan fingerprint density at radius 3 is 2.56 bits per heavy atom. The molecule has 3 nitrogen and oxygen atoms in total. The first-order chi connectivity index (χ1) is 7.52. The normalized spacial score (nSPS) is 27.9. The average Bonchev–Trinajstić information content (AvgIpc) is 2.53. The third-order valence-electron chi connectivity index (χ3n) is 3.20. The van der Waals surface area contributed by atoms with E-state index in [-0.39, 0.29) is 18.1 Å². The maximum atomic E-state index is 12.1. The van der Waals surface area contributed by atoms with Crippen molar-refractivity contribution in [1.29, 1.82) is 0 Å². The van der Waals surface area contributed by atoms with Crippen LogP contribution in [0.15, 0.2) is 0 Å². The van der Waals surface area contributed by atoms with Crippen molar-refractivity contribution in [1.82, 2.24) is 10.2 Å². The Bertz CT molecular complexity index is 245. The number of carbonyl (C=O) groups excluding carboxylic acids is 1. The Balaban J connectivity index is 2.83. The molecular weight excluding hydrogens is 220 g/mol. The predicted octanol–water partition coefficient (Wildman–Crippen LogP) is 1.93. The van der Waals surface area contributed by atoms with Crippen molar-refractivity contribution in [2.75, 3.05) is 12.0 Å². The van der Waals surface area contributed by atoms with E-state index in [1.54, 1.807) is 0 Å². The molecule has 0 aromatic heterocycles. The van der Waals surface area contributed by atoms with Crippen LogP contribution < -0.4 is 5.32 Å². The Morgan fingerprint density at radius 1 is 1.50 bits per heavy atom. The second-order valence-electron chi connectivity index (χ2n) is 4.84. The van der Waals surface area contributed by atoms with Crippen molar-refractivity contribution in [3.8, 4) is 0 Å². The third kappa shape index (κ3) is 2.72. The lowest BCUT2D eigenvalue weighted by atomic mass is 10.1. The molecule has 1 fully saturated rings. The molecule has 1 aliphatic heterocycles. The molecule has 4 heteroatoms. The first-order valence-electron chi connectivity index (χ1n) is 6.10. The largest absolute Gasteiger partial charge is 0.322 e. The minimum absolute atomic E-state index is 0.0247. The van der Waals surface area contributed by atoms with Gasteiger partial charge in [-0.3, -0.25) is 10.1 Å². The number of hydrogen-bond donors (Lipinski definition) is 1. The molecule has 0 radical (unpaired) electrons. The number of thioether (sulfide) groups is 1. The molecule has 0 aliphatic carbocycles. The molecule has 1 amide bonds. The van der Waals surface area contributed by atoms with Crippen LogP contribution in [0.4, 0.5) is 0 Å². The average molecular weight is 244 g/mol. The lowest BCUT2D eigenvalue weighted by Crippen LogP contribution is -2.48. The van der Waals surface area contributed by atoms with Crippen LogP contribution in [0.25, 0.3) is 0 Å². The minimum atomic E-state index is -0.0247. The maximum absolute atomic E-state index is 12.1. The lowest BCUT2D eigenvalue weighted by molar-refractivity contribution is -0.132. The Morgan fingerprint density at radius 2 is 2.12 bits per heavy atom. The van der Waals surface area contributed by atoms with Gasteiger partial charge in [-0.25, -0.2) is 0 Å². The summed E-state index contributed by atoms with van der Waals surface area (Å²) in [4.78, 5) is 14.2. The highest BCUT2D eigenvalue weighted by Gasteiger charge is 2.40. The van der Waals surface area contributed by atoms with Gasteiger partial charge in [-0.15, -0.1) is 0 Å². The van der Waals surface area contributed by atoms with Crippen LogP contribution in [0, 0.1) is 5.92 Å². The molecular formula is C12H24N2OS. The van der Waals surface area contributed by atoms with Gasteiger partial charge in [0.15, 0.2) is 0 Å². The maximum Gasteiger partial charge on any atom is 0.241 e. The summed E-state index contributed by atoms with van der Waals surface area (Å²) in [6, 6.07) is 0.343. The van der Waals surface area contributed by atoms with E-state index in [0.29, 0.717) is 12.0 Å². The molecule has 1 rings (SSSR count). The number of nitrogens with one attached hydrogen (secondary N) is 1. The van der Waals surface area contributed by atoms with E-state index in [1.165, 1.54) is 0 Å². The summed E-state index contributed by atoms with van der Waals surface area (Å²) in [5.41, 5.74) is 0. The number of nitrogens with zero attached hydrogens (tertiary/aromatic N) is 1. The Kier molecular flexibility index (Phi) is 5.12. The van der Waals surface area contributed by atoms with Gasteiger partial charge in [0.25, 0.3) is 0 Å². The quantitative estimate of drug-likeness (QED) is 0.802. The van der Waals surface area contributed by atoms with E-state index in [2.05, 4.69) is 37.2 Å². The molecule has 1 heterocycles. The first kappa shape index (κ1) is 13.8. The fraction of sp³-hybridized carbons (Fsp3) is 0.917. The molecule has 1 saturated heterocycles. The SMILES string of the molecule is CCC(CSC)N1C(=O)C(C)NC1C(C)C. The van der Waals surface area contributed by atoms with Gasteiger partial charge in [-0.1, -0.05) is 20.8 Å². The van der Waals surface area contributed by atoms with Crippen LogP contribution in [0.1, 0.15) is 34.1 Å². The summed E-state index contributed by atoms with van der Waals surface area (Å²) in [6.45, 7) is 8.46. The van der Waals surface area contributed by atoms with Crippen LogP contribution in [0.5, 0.6) is 0 Å². The summed E-state index contributed by atoms with van der Waals surface area (Å²) >= 11 is 1.82. The highest BCUT2D eigenvalue weighted by atomic mass is 32.2. The summed E-state index contributed by atoms with van der Waals surface area (Å²) in [5, 5.41) is 3.39. The van der Waals surface area contributed by atoms with Gasteiger partial charge in [0.2, 0.25) is 5.91 Å². The molecule has 0 aromatic carbocycles. The molecule has 0 aromatic rings. The van der Waals surface area contributed by atoms with Gasteiger partial charge in [0.1, 0.15) is 0 Å². The summed E-state index contributed by atoms with van der Waals surface area (Å²) < 4.78 is 0. The van der Waals surface area contributed by atoms with E-state index in [0.717, 1.165) is 12.2 Å². The molecule has 1 aliphatic rings. The van der Waals surface area contributed by atoms with Crippen molar-refractivity contribution < 1.29 is 4.79 Å². The molecule has 0 spiro atoms. The zero-order chi connectivity index (χ0) is 12.3. The van der Waals surface area contributed by atoms with Crippen molar-refractivity contribution in [2.24, 2.45) is 5.92 Å². The fourth-order valence-electron chi connectivity index (χ4n) is 2.28. The van der Waals surface area contributed by atoms with Gasteiger partial charge in [0, 0.05) is 11.8 Å². The zero-order valence-corrected chi connectivity index (χ0v) is 11.8. The van der Waals surface area contributed by atoms with Crippen LogP contribution in [0.3, 0.4) is 0 Å². The monoisotopic (exact) mass is 244 g/mol. The van der Waals surface area contributed by atoms with Crippen LogP contribution >= 0.6 is 11.8 Å². The van der Waals surface area contributed by atoms with E-state index in [1.807, 2.05) is 18.7 Å². The molecule has 0 bridgehead atoms. The van der Waals surface area contributed by atoms with Gasteiger partial charge in [-0.2, -0.15) is 11.8 Å².